The summed E-state index contributed by atoms with van der Waals surface area (Å²) < 4.78 is 0. The number of anilines is 1. The van der Waals surface area contributed by atoms with Crippen LogP contribution in [0.1, 0.15) is 22.3 Å². The van der Waals surface area contributed by atoms with Crippen LogP contribution in [0.25, 0.3) is 45.2 Å². The molecule has 0 bridgehead atoms. The maximum atomic E-state index is 10.3. The highest BCUT2D eigenvalue weighted by Crippen LogP contribution is 2.41. The van der Waals surface area contributed by atoms with Gasteiger partial charge in [0.2, 0.25) is 0 Å². The van der Waals surface area contributed by atoms with Crippen molar-refractivity contribution in [1.82, 2.24) is 0 Å². The Bertz CT molecular complexity index is 1500. The largest absolute Gasteiger partial charge is 0.507 e. The molecule has 5 heteroatoms. The van der Waals surface area contributed by atoms with Crippen LogP contribution in [0.15, 0.2) is 65.7 Å². The Morgan fingerprint density at radius 1 is 0.733 bits per heavy atom. The van der Waals surface area contributed by atoms with E-state index in [0.717, 1.165) is 49.5 Å². The lowest BCUT2D eigenvalue weighted by atomic mass is 10.0. The first kappa shape index (κ1) is 16.7. The zero-order valence-corrected chi connectivity index (χ0v) is 15.8. The molecule has 2 aliphatic carbocycles. The standard InChI is InChI=1S/C25H17N3O2/c26-25(27-19-9-7-13-3-1-5-15-21(29)11-17(19)23(13)15)28-20-10-8-14-4-2-6-16-22(30)12-18(20)24(14)16/h1-12,29-30H,(H3,26,27,28). The summed E-state index contributed by atoms with van der Waals surface area (Å²) in [6, 6.07) is 19.5. The summed E-state index contributed by atoms with van der Waals surface area (Å²) >= 11 is 0. The highest BCUT2D eigenvalue weighted by Gasteiger charge is 2.20. The number of aliphatic hydroxyl groups excluding tert-OH is 2. The zero-order chi connectivity index (χ0) is 20.4. The van der Waals surface area contributed by atoms with Gasteiger partial charge >= 0.3 is 0 Å². The Kier molecular flexibility index (Phi) is 3.27. The van der Waals surface area contributed by atoms with Gasteiger partial charge in [0.05, 0.1) is 5.69 Å². The van der Waals surface area contributed by atoms with Crippen LogP contribution in [0.5, 0.6) is 0 Å². The van der Waals surface area contributed by atoms with Crippen molar-refractivity contribution in [3.63, 3.8) is 0 Å². The van der Waals surface area contributed by atoms with Gasteiger partial charge in [-0.2, -0.15) is 0 Å². The molecule has 0 radical (unpaired) electrons. The van der Waals surface area contributed by atoms with Crippen LogP contribution < -0.4 is 11.1 Å². The third-order valence-corrected chi connectivity index (χ3v) is 5.77. The maximum absolute atomic E-state index is 10.3. The second-order valence-corrected chi connectivity index (χ2v) is 7.51. The number of aliphatic hydroxyl groups is 2. The highest BCUT2D eigenvalue weighted by molar-refractivity contribution is 6.13. The number of nitrogens with zero attached hydrogens (tertiary/aromatic N) is 1. The Morgan fingerprint density at radius 3 is 2.03 bits per heavy atom. The van der Waals surface area contributed by atoms with Crippen LogP contribution in [0.3, 0.4) is 0 Å². The van der Waals surface area contributed by atoms with Gasteiger partial charge in [0, 0.05) is 38.7 Å². The molecule has 144 valence electrons. The first-order valence-corrected chi connectivity index (χ1v) is 9.65. The fraction of sp³-hybridized carbons (Fsp3) is 0. The van der Waals surface area contributed by atoms with Crippen molar-refractivity contribution in [2.75, 3.05) is 5.32 Å². The number of rotatable bonds is 2. The quantitative estimate of drug-likeness (QED) is 0.257. The van der Waals surface area contributed by atoms with Crippen molar-refractivity contribution in [2.45, 2.75) is 0 Å². The van der Waals surface area contributed by atoms with Gasteiger partial charge in [-0.3, -0.25) is 0 Å². The number of nitrogens with two attached hydrogens (primary N) is 1. The zero-order valence-electron chi connectivity index (χ0n) is 15.8. The van der Waals surface area contributed by atoms with Crippen LogP contribution in [0.2, 0.25) is 0 Å². The molecule has 2 aliphatic rings. The van der Waals surface area contributed by atoms with E-state index in [0.29, 0.717) is 5.69 Å². The van der Waals surface area contributed by atoms with Gasteiger partial charge in [0.1, 0.15) is 11.5 Å². The number of hydrogen-bond donors (Lipinski definition) is 4. The third-order valence-electron chi connectivity index (χ3n) is 5.77. The minimum atomic E-state index is 0.232. The lowest BCUT2D eigenvalue weighted by Crippen LogP contribution is -2.22. The van der Waals surface area contributed by atoms with Gasteiger partial charge in [-0.05, 0) is 35.1 Å². The molecule has 0 saturated carbocycles. The molecule has 6 rings (SSSR count). The van der Waals surface area contributed by atoms with Crippen molar-refractivity contribution >= 4 is 62.5 Å². The molecule has 5 nitrogen and oxygen atoms in total. The van der Waals surface area contributed by atoms with Gasteiger partial charge in [-0.15, -0.1) is 0 Å². The Labute approximate surface area is 172 Å². The van der Waals surface area contributed by atoms with Gasteiger partial charge in [0.15, 0.2) is 5.96 Å². The molecule has 5 N–H and O–H groups in total. The molecule has 0 saturated heterocycles. The second-order valence-electron chi connectivity index (χ2n) is 7.51. The molecule has 0 heterocycles. The first-order chi connectivity index (χ1) is 14.6. The number of guanidine groups is 1. The fourth-order valence-corrected chi connectivity index (χ4v) is 4.46. The molecule has 30 heavy (non-hydrogen) atoms. The highest BCUT2D eigenvalue weighted by atomic mass is 16.3. The molecule has 4 aromatic rings. The first-order valence-electron chi connectivity index (χ1n) is 9.65. The topological polar surface area (TPSA) is 90.9 Å². The molecule has 0 unspecified atom stereocenters. The normalized spacial score (nSPS) is 14.3. The lowest BCUT2D eigenvalue weighted by molar-refractivity contribution is 0.517. The predicted octanol–water partition coefficient (Wildman–Crippen LogP) is 5.79. The van der Waals surface area contributed by atoms with E-state index in [9.17, 15) is 10.2 Å². The van der Waals surface area contributed by atoms with Crippen molar-refractivity contribution < 1.29 is 10.2 Å². The number of aliphatic imine (C=N–C) groups is 1. The van der Waals surface area contributed by atoms with Crippen molar-refractivity contribution in [1.29, 1.82) is 0 Å². The van der Waals surface area contributed by atoms with Crippen molar-refractivity contribution in [3.8, 4) is 0 Å². The van der Waals surface area contributed by atoms with E-state index in [4.69, 9.17) is 5.73 Å². The molecular weight excluding hydrogens is 374 g/mol. The molecule has 0 aliphatic heterocycles. The Hall–Kier alpha value is -4.25. The van der Waals surface area contributed by atoms with E-state index >= 15 is 0 Å². The smallest absolute Gasteiger partial charge is 0.198 e. The summed E-state index contributed by atoms with van der Waals surface area (Å²) in [7, 11) is 0. The van der Waals surface area contributed by atoms with E-state index in [1.54, 1.807) is 12.2 Å². The fourth-order valence-electron chi connectivity index (χ4n) is 4.46. The van der Waals surface area contributed by atoms with E-state index < -0.39 is 0 Å². The van der Waals surface area contributed by atoms with Crippen LogP contribution in [0.4, 0.5) is 11.4 Å². The molecule has 0 atom stereocenters. The third kappa shape index (κ3) is 2.26. The van der Waals surface area contributed by atoms with Gasteiger partial charge in [0.25, 0.3) is 0 Å². The van der Waals surface area contributed by atoms with E-state index in [1.165, 1.54) is 0 Å². The summed E-state index contributed by atoms with van der Waals surface area (Å²) in [4.78, 5) is 4.58. The van der Waals surface area contributed by atoms with Crippen LogP contribution >= 0.6 is 0 Å². The molecule has 0 fully saturated rings. The number of benzene rings is 4. The molecule has 0 amide bonds. The Morgan fingerprint density at radius 2 is 1.33 bits per heavy atom. The Balaban J connectivity index is 1.43. The predicted molar refractivity (Wildman–Crippen MR) is 124 cm³/mol. The summed E-state index contributed by atoms with van der Waals surface area (Å²) in [5.41, 5.74) is 11.1. The second kappa shape index (κ2) is 5.87. The molecule has 0 spiro atoms. The molecular formula is C25H17N3O2. The number of nitrogens with one attached hydrogen (secondary N) is 1. The van der Waals surface area contributed by atoms with Gasteiger partial charge in [-0.25, -0.2) is 4.99 Å². The summed E-state index contributed by atoms with van der Waals surface area (Å²) in [6.07, 6.45) is 3.47. The summed E-state index contributed by atoms with van der Waals surface area (Å²) in [5, 5.41) is 27.8. The van der Waals surface area contributed by atoms with Crippen molar-refractivity contribution in [3.05, 3.63) is 82.9 Å². The van der Waals surface area contributed by atoms with Gasteiger partial charge < -0.3 is 21.3 Å². The van der Waals surface area contributed by atoms with Gasteiger partial charge in [-0.1, -0.05) is 48.5 Å². The van der Waals surface area contributed by atoms with Crippen LogP contribution in [0, 0.1) is 0 Å². The monoisotopic (exact) mass is 391 g/mol. The average molecular weight is 391 g/mol. The van der Waals surface area contributed by atoms with Crippen LogP contribution in [-0.2, 0) is 0 Å². The number of hydrogen-bond acceptors (Lipinski definition) is 3. The summed E-state index contributed by atoms with van der Waals surface area (Å²) in [6.45, 7) is 0. The maximum Gasteiger partial charge on any atom is 0.198 e. The van der Waals surface area contributed by atoms with Crippen molar-refractivity contribution in [2.24, 2.45) is 10.7 Å². The van der Waals surface area contributed by atoms with E-state index in [-0.39, 0.29) is 17.5 Å². The van der Waals surface area contributed by atoms with E-state index in [2.05, 4.69) is 10.3 Å². The average Bonchev–Trinajstić information content (AvgIpc) is 3.27. The molecule has 0 aromatic heterocycles. The minimum absolute atomic E-state index is 0.232. The molecule has 4 aromatic carbocycles. The van der Waals surface area contributed by atoms with Crippen LogP contribution in [-0.4, -0.2) is 16.2 Å². The SMILES string of the molecule is NC(=Nc1ccc2cccc3c2c1C=C3O)Nc1ccc2cccc3c2c1C=C3O. The van der Waals surface area contributed by atoms with E-state index in [1.807, 2.05) is 60.7 Å². The lowest BCUT2D eigenvalue weighted by Gasteiger charge is -2.11. The minimum Gasteiger partial charge on any atom is -0.507 e. The summed E-state index contributed by atoms with van der Waals surface area (Å²) in [5.74, 6) is 0.715.